The molecule has 0 radical (unpaired) electrons. The Morgan fingerprint density at radius 1 is 1.02 bits per heavy atom. The number of furan rings is 1. The van der Waals surface area contributed by atoms with Crippen molar-refractivity contribution in [1.29, 1.82) is 0 Å². The third-order valence-corrected chi connectivity index (χ3v) is 7.98. The monoisotopic (exact) mass is 622 g/mol. The molecule has 2 heterocycles. The van der Waals surface area contributed by atoms with Crippen LogP contribution in [0.2, 0.25) is 5.02 Å². The number of sulfone groups is 1. The molecule has 0 aliphatic heterocycles. The fourth-order valence-corrected chi connectivity index (χ4v) is 5.47. The maximum Gasteiger partial charge on any atom is 0.148 e. The molecular formula is C32H32ClFN4O4S. The van der Waals surface area contributed by atoms with Crippen LogP contribution in [0.25, 0.3) is 22.2 Å². The summed E-state index contributed by atoms with van der Waals surface area (Å²) in [5.74, 6) is 2.31. The Morgan fingerprint density at radius 2 is 1.88 bits per heavy atom. The quantitative estimate of drug-likeness (QED) is 0.146. The SMILES string of the molecule is CCCN(CCS(C)(=O)=O)Cc1ccc(-c2ccc3ncnc(Nc4ccc(OCc5cccc(F)c5)c(Cl)c4)c3c2)o1. The number of hydrogen-bond acceptors (Lipinski definition) is 8. The zero-order valence-corrected chi connectivity index (χ0v) is 25.5. The zero-order valence-electron chi connectivity index (χ0n) is 23.9. The van der Waals surface area contributed by atoms with Gasteiger partial charge in [0, 0.05) is 29.4 Å². The first-order valence-corrected chi connectivity index (χ1v) is 16.3. The average molecular weight is 623 g/mol. The molecule has 3 aromatic carbocycles. The first-order chi connectivity index (χ1) is 20.7. The van der Waals surface area contributed by atoms with E-state index in [1.807, 2.05) is 36.4 Å². The van der Waals surface area contributed by atoms with Crippen molar-refractivity contribution in [3.63, 3.8) is 0 Å². The molecule has 0 saturated carbocycles. The van der Waals surface area contributed by atoms with E-state index in [1.54, 1.807) is 24.3 Å². The van der Waals surface area contributed by atoms with Crippen molar-refractivity contribution in [3.8, 4) is 17.1 Å². The molecular weight excluding hydrogens is 591 g/mol. The number of benzene rings is 3. The van der Waals surface area contributed by atoms with Crippen molar-refractivity contribution in [2.75, 3.05) is 30.4 Å². The van der Waals surface area contributed by atoms with Gasteiger partial charge in [-0.3, -0.25) is 4.90 Å². The van der Waals surface area contributed by atoms with Gasteiger partial charge in [-0.05, 0) is 79.2 Å². The molecule has 0 bridgehead atoms. The van der Waals surface area contributed by atoms with E-state index in [0.29, 0.717) is 46.7 Å². The van der Waals surface area contributed by atoms with E-state index in [4.69, 9.17) is 20.8 Å². The minimum Gasteiger partial charge on any atom is -0.487 e. The molecule has 5 rings (SSSR count). The summed E-state index contributed by atoms with van der Waals surface area (Å²) in [6, 6.07) is 21.2. The number of nitrogens with zero attached hydrogens (tertiary/aromatic N) is 3. The van der Waals surface area contributed by atoms with Gasteiger partial charge in [-0.2, -0.15) is 0 Å². The standard InChI is InChI=1S/C32H32ClFN4O4S/c1-3-13-38(14-15-43(2,39)40)19-26-9-12-30(42-26)23-7-10-29-27(17-23)32(36-21-35-29)37-25-8-11-31(28(33)18-25)41-20-22-5-4-6-24(34)16-22/h4-12,16-18,21H,3,13-15,19-20H2,1-2H3,(H,35,36,37). The van der Waals surface area contributed by atoms with E-state index in [1.165, 1.54) is 24.7 Å². The highest BCUT2D eigenvalue weighted by molar-refractivity contribution is 7.90. The van der Waals surface area contributed by atoms with Gasteiger partial charge in [0.15, 0.2) is 0 Å². The van der Waals surface area contributed by atoms with Gasteiger partial charge >= 0.3 is 0 Å². The number of fused-ring (bicyclic) bond motifs is 1. The van der Waals surface area contributed by atoms with Crippen LogP contribution in [-0.4, -0.2) is 48.4 Å². The van der Waals surface area contributed by atoms with Gasteiger partial charge in [-0.15, -0.1) is 0 Å². The molecule has 11 heteroatoms. The molecule has 0 fully saturated rings. The maximum atomic E-state index is 13.5. The molecule has 0 aliphatic rings. The molecule has 0 amide bonds. The van der Waals surface area contributed by atoms with Crippen molar-refractivity contribution in [2.24, 2.45) is 0 Å². The van der Waals surface area contributed by atoms with E-state index in [2.05, 4.69) is 27.1 Å². The highest BCUT2D eigenvalue weighted by atomic mass is 35.5. The van der Waals surface area contributed by atoms with Crippen LogP contribution in [0.1, 0.15) is 24.7 Å². The highest BCUT2D eigenvalue weighted by Gasteiger charge is 2.14. The first-order valence-electron chi connectivity index (χ1n) is 13.8. The van der Waals surface area contributed by atoms with Crippen LogP contribution in [0.4, 0.5) is 15.9 Å². The molecule has 0 unspecified atom stereocenters. The minimum atomic E-state index is -3.05. The van der Waals surface area contributed by atoms with Gasteiger partial charge in [-0.25, -0.2) is 22.8 Å². The van der Waals surface area contributed by atoms with Crippen LogP contribution >= 0.6 is 11.6 Å². The Bertz CT molecular complexity index is 1830. The second-order valence-electron chi connectivity index (χ2n) is 10.3. The fourth-order valence-electron chi connectivity index (χ4n) is 4.65. The molecule has 224 valence electrons. The lowest BCUT2D eigenvalue weighted by Gasteiger charge is -2.19. The molecule has 1 N–H and O–H groups in total. The predicted octanol–water partition coefficient (Wildman–Crippen LogP) is 7.26. The van der Waals surface area contributed by atoms with E-state index in [9.17, 15) is 12.8 Å². The highest BCUT2D eigenvalue weighted by Crippen LogP contribution is 2.33. The fraction of sp³-hybridized carbons (Fsp3) is 0.250. The number of nitrogens with one attached hydrogen (secondary N) is 1. The third-order valence-electron chi connectivity index (χ3n) is 6.76. The molecule has 43 heavy (non-hydrogen) atoms. The summed E-state index contributed by atoms with van der Waals surface area (Å²) in [6.07, 6.45) is 3.66. The van der Waals surface area contributed by atoms with Crippen LogP contribution in [0.5, 0.6) is 5.75 Å². The topological polar surface area (TPSA) is 97.6 Å². The van der Waals surface area contributed by atoms with E-state index >= 15 is 0 Å². The zero-order chi connectivity index (χ0) is 30.4. The van der Waals surface area contributed by atoms with E-state index in [-0.39, 0.29) is 18.2 Å². The molecule has 0 spiro atoms. The van der Waals surface area contributed by atoms with Crippen LogP contribution in [0.3, 0.4) is 0 Å². The van der Waals surface area contributed by atoms with E-state index in [0.717, 1.165) is 35.2 Å². The first kappa shape index (κ1) is 30.5. The molecule has 0 saturated heterocycles. The van der Waals surface area contributed by atoms with Gasteiger partial charge in [0.1, 0.15) is 51.7 Å². The summed E-state index contributed by atoms with van der Waals surface area (Å²) in [4.78, 5) is 11.0. The second kappa shape index (κ2) is 13.5. The van der Waals surface area contributed by atoms with Crippen molar-refractivity contribution < 1.29 is 22.0 Å². The van der Waals surface area contributed by atoms with Crippen molar-refractivity contribution >= 4 is 43.8 Å². The Labute approximate surface area is 255 Å². The van der Waals surface area contributed by atoms with E-state index < -0.39 is 9.84 Å². The third kappa shape index (κ3) is 8.31. The lowest BCUT2D eigenvalue weighted by molar-refractivity contribution is 0.258. The molecule has 2 aromatic heterocycles. The number of halogens is 2. The normalized spacial score (nSPS) is 11.7. The summed E-state index contributed by atoms with van der Waals surface area (Å²) in [5.41, 5.74) is 3.02. The predicted molar refractivity (Wildman–Crippen MR) is 168 cm³/mol. The minimum absolute atomic E-state index is 0.108. The Hall–Kier alpha value is -3.99. The number of aromatic nitrogens is 2. The number of hydrogen-bond donors (Lipinski definition) is 1. The summed E-state index contributed by atoms with van der Waals surface area (Å²) < 4.78 is 48.8. The summed E-state index contributed by atoms with van der Waals surface area (Å²) in [7, 11) is -3.05. The van der Waals surface area contributed by atoms with Crippen LogP contribution in [0, 0.1) is 5.82 Å². The molecule has 0 atom stereocenters. The Balaban J connectivity index is 1.31. The van der Waals surface area contributed by atoms with Crippen molar-refractivity contribution in [3.05, 3.63) is 101 Å². The van der Waals surface area contributed by atoms with Gasteiger partial charge in [0.2, 0.25) is 0 Å². The Morgan fingerprint density at radius 3 is 2.65 bits per heavy atom. The second-order valence-corrected chi connectivity index (χ2v) is 13.0. The van der Waals surface area contributed by atoms with Crippen LogP contribution in [0.15, 0.2) is 83.5 Å². The average Bonchev–Trinajstić information content (AvgIpc) is 3.44. The molecule has 0 aliphatic carbocycles. The largest absolute Gasteiger partial charge is 0.487 e. The van der Waals surface area contributed by atoms with Crippen molar-refractivity contribution in [2.45, 2.75) is 26.5 Å². The van der Waals surface area contributed by atoms with Gasteiger partial charge < -0.3 is 14.5 Å². The molecule has 5 aromatic rings. The smallest absolute Gasteiger partial charge is 0.148 e. The van der Waals surface area contributed by atoms with Gasteiger partial charge in [0.05, 0.1) is 22.8 Å². The lowest BCUT2D eigenvalue weighted by atomic mass is 10.1. The maximum absolute atomic E-state index is 13.5. The van der Waals surface area contributed by atoms with Crippen LogP contribution in [-0.2, 0) is 23.0 Å². The van der Waals surface area contributed by atoms with Crippen molar-refractivity contribution in [1.82, 2.24) is 14.9 Å². The van der Waals surface area contributed by atoms with Gasteiger partial charge in [-0.1, -0.05) is 30.7 Å². The summed E-state index contributed by atoms with van der Waals surface area (Å²) in [6.45, 7) is 4.01. The summed E-state index contributed by atoms with van der Waals surface area (Å²) in [5, 5.41) is 4.51. The van der Waals surface area contributed by atoms with Gasteiger partial charge in [0.25, 0.3) is 0 Å². The number of anilines is 2. The molecule has 8 nitrogen and oxygen atoms in total. The Kier molecular flexibility index (Phi) is 9.59. The number of rotatable bonds is 13. The lowest BCUT2D eigenvalue weighted by Crippen LogP contribution is -2.29. The van der Waals surface area contributed by atoms with Crippen LogP contribution < -0.4 is 10.1 Å². The summed E-state index contributed by atoms with van der Waals surface area (Å²) >= 11 is 6.50. The number of ether oxygens (including phenoxy) is 1.